The van der Waals surface area contributed by atoms with Gasteiger partial charge in [0, 0.05) is 30.7 Å². The Morgan fingerprint density at radius 1 is 1.14 bits per heavy atom. The third kappa shape index (κ3) is 4.72. The molecule has 1 saturated heterocycles. The molecular weight excluding hydrogens is 472 g/mol. The fraction of sp³-hybridized carbons (Fsp3) is 0.458. The lowest BCUT2D eigenvalue weighted by Gasteiger charge is -2.31. The van der Waals surface area contributed by atoms with Gasteiger partial charge in [-0.25, -0.2) is 9.97 Å². The first kappa shape index (κ1) is 24.0. The van der Waals surface area contributed by atoms with Gasteiger partial charge < -0.3 is 15.0 Å². The molecule has 2 aliphatic rings. The summed E-state index contributed by atoms with van der Waals surface area (Å²) in [5, 5.41) is 3.45. The topological polar surface area (TPSA) is 105 Å². The number of rotatable bonds is 6. The summed E-state index contributed by atoms with van der Waals surface area (Å²) in [7, 11) is 1.91. The Hall–Kier alpha value is -3.67. The van der Waals surface area contributed by atoms with Crippen LogP contribution in [0.15, 0.2) is 35.4 Å². The number of carbonyl (C=O) groups excluding carboxylic acids is 1. The second-order valence-electron chi connectivity index (χ2n) is 9.32. The molecule has 0 unspecified atom stereocenters. The first-order valence-corrected chi connectivity index (χ1v) is 11.9. The Labute approximate surface area is 205 Å². The number of ether oxygens (including phenoxy) is 1. The zero-order chi connectivity index (χ0) is 25.4. The molecule has 5 rings (SSSR count). The third-order valence-electron chi connectivity index (χ3n) is 6.82. The molecular formula is C24H27F2N7O3. The van der Waals surface area contributed by atoms with Crippen LogP contribution in [-0.2, 0) is 4.79 Å². The van der Waals surface area contributed by atoms with Gasteiger partial charge in [-0.3, -0.25) is 19.1 Å². The smallest absolute Gasteiger partial charge is 0.387 e. The maximum absolute atomic E-state index is 13.1. The quantitative estimate of drug-likeness (QED) is 0.552. The minimum absolute atomic E-state index is 0.0124. The fourth-order valence-corrected chi connectivity index (χ4v) is 4.95. The van der Waals surface area contributed by atoms with Crippen molar-refractivity contribution in [3.05, 3.63) is 40.9 Å². The van der Waals surface area contributed by atoms with E-state index >= 15 is 0 Å². The lowest BCUT2D eigenvalue weighted by molar-refractivity contribution is -0.120. The van der Waals surface area contributed by atoms with Gasteiger partial charge in [0.25, 0.3) is 5.56 Å². The lowest BCUT2D eigenvalue weighted by atomic mass is 10.1. The normalized spacial score (nSPS) is 20.9. The summed E-state index contributed by atoms with van der Waals surface area (Å²) in [6.45, 7) is 0.652. The fourth-order valence-electron chi connectivity index (χ4n) is 4.95. The molecule has 1 N–H and O–H groups in total. The number of piperazine rings is 1. The van der Waals surface area contributed by atoms with Crippen LogP contribution in [0.1, 0.15) is 32.2 Å². The Bertz CT molecular complexity index is 1330. The molecule has 3 aromatic heterocycles. The SMILES string of the molecule is C[C@H]1CCC[C@H]1n1c(=O)c(OC(F)F)cc2cnc(Nc3ccc(N4CCN(C)CC4=O)cn3)nc21. The average Bonchev–Trinajstić information content (AvgIpc) is 3.25. The summed E-state index contributed by atoms with van der Waals surface area (Å²) in [6.07, 6.45) is 5.68. The maximum atomic E-state index is 13.1. The molecule has 0 radical (unpaired) electrons. The predicted molar refractivity (Wildman–Crippen MR) is 130 cm³/mol. The van der Waals surface area contributed by atoms with Crippen LogP contribution in [0.2, 0.25) is 0 Å². The van der Waals surface area contributed by atoms with Crippen molar-refractivity contribution in [1.82, 2.24) is 24.4 Å². The van der Waals surface area contributed by atoms with Crippen LogP contribution in [0.5, 0.6) is 5.75 Å². The van der Waals surface area contributed by atoms with E-state index < -0.39 is 17.9 Å². The highest BCUT2D eigenvalue weighted by Gasteiger charge is 2.29. The second kappa shape index (κ2) is 9.76. The van der Waals surface area contributed by atoms with Crippen molar-refractivity contribution in [2.75, 3.05) is 36.9 Å². The summed E-state index contributed by atoms with van der Waals surface area (Å²) in [6, 6.07) is 4.59. The molecule has 2 atom stereocenters. The van der Waals surface area contributed by atoms with E-state index in [2.05, 4.69) is 25.0 Å². The van der Waals surface area contributed by atoms with Gasteiger partial charge in [-0.2, -0.15) is 13.8 Å². The van der Waals surface area contributed by atoms with Gasteiger partial charge in [0.05, 0.1) is 18.4 Å². The average molecular weight is 500 g/mol. The van der Waals surface area contributed by atoms with Crippen molar-refractivity contribution in [3.8, 4) is 5.75 Å². The number of aromatic nitrogens is 4. The lowest BCUT2D eigenvalue weighted by Crippen LogP contribution is -2.48. The minimum Gasteiger partial charge on any atom is -0.429 e. The van der Waals surface area contributed by atoms with Gasteiger partial charge in [-0.05, 0) is 44.0 Å². The van der Waals surface area contributed by atoms with Crippen molar-refractivity contribution in [3.63, 3.8) is 0 Å². The van der Waals surface area contributed by atoms with E-state index in [0.717, 1.165) is 25.8 Å². The molecule has 1 aliphatic carbocycles. The zero-order valence-corrected chi connectivity index (χ0v) is 20.0. The summed E-state index contributed by atoms with van der Waals surface area (Å²) in [5.41, 5.74) is 0.414. The predicted octanol–water partition coefficient (Wildman–Crippen LogP) is 3.17. The van der Waals surface area contributed by atoms with E-state index in [0.29, 0.717) is 35.6 Å². The number of hydrogen-bond donors (Lipinski definition) is 1. The third-order valence-corrected chi connectivity index (χ3v) is 6.82. The summed E-state index contributed by atoms with van der Waals surface area (Å²) >= 11 is 0. The zero-order valence-electron chi connectivity index (χ0n) is 20.0. The number of nitrogens with zero attached hydrogens (tertiary/aromatic N) is 6. The van der Waals surface area contributed by atoms with Crippen molar-refractivity contribution in [1.29, 1.82) is 0 Å². The van der Waals surface area contributed by atoms with Crippen LogP contribution in [-0.4, -0.2) is 63.6 Å². The Morgan fingerprint density at radius 2 is 1.97 bits per heavy atom. The van der Waals surface area contributed by atoms with Gasteiger partial charge in [-0.1, -0.05) is 13.3 Å². The molecule has 4 heterocycles. The number of amides is 1. The van der Waals surface area contributed by atoms with Gasteiger partial charge in [-0.15, -0.1) is 0 Å². The van der Waals surface area contributed by atoms with Gasteiger partial charge in [0.2, 0.25) is 11.9 Å². The molecule has 1 saturated carbocycles. The Morgan fingerprint density at radius 3 is 2.64 bits per heavy atom. The molecule has 1 aliphatic heterocycles. The number of pyridine rings is 2. The minimum atomic E-state index is -3.11. The van der Waals surface area contributed by atoms with E-state index in [1.165, 1.54) is 16.8 Å². The number of nitrogens with one attached hydrogen (secondary N) is 1. The maximum Gasteiger partial charge on any atom is 0.387 e. The van der Waals surface area contributed by atoms with E-state index in [-0.39, 0.29) is 23.8 Å². The van der Waals surface area contributed by atoms with Crippen LogP contribution < -0.4 is 20.5 Å². The number of fused-ring (bicyclic) bond motifs is 1. The standard InChI is InChI=1S/C24H27F2N7O3/c1-14-4-3-5-17(14)33-21-15(10-18(22(33)35)36-23(25)26)11-28-24(30-21)29-19-7-6-16(12-27-19)32-9-8-31(2)13-20(32)34/h6-7,10-12,14,17,23H,3-5,8-9,13H2,1-2H3,(H,27,28,29,30)/t14-,17+/m0/s1. The number of likely N-dealkylation sites (N-methyl/N-ethyl adjacent to an activating group) is 1. The van der Waals surface area contributed by atoms with Crippen LogP contribution in [0, 0.1) is 5.92 Å². The van der Waals surface area contributed by atoms with Crippen LogP contribution in [0.3, 0.4) is 0 Å². The number of halogens is 2. The van der Waals surface area contributed by atoms with Gasteiger partial charge in [0.1, 0.15) is 11.5 Å². The molecule has 12 heteroatoms. The van der Waals surface area contributed by atoms with Gasteiger partial charge in [0.15, 0.2) is 5.75 Å². The molecule has 2 fully saturated rings. The Balaban J connectivity index is 1.45. The van der Waals surface area contributed by atoms with Crippen molar-refractivity contribution < 1.29 is 18.3 Å². The van der Waals surface area contributed by atoms with Crippen LogP contribution in [0.4, 0.5) is 26.2 Å². The highest BCUT2D eigenvalue weighted by Crippen LogP contribution is 2.36. The number of hydrogen-bond acceptors (Lipinski definition) is 8. The van der Waals surface area contributed by atoms with E-state index in [4.69, 9.17) is 0 Å². The molecule has 3 aromatic rings. The largest absolute Gasteiger partial charge is 0.429 e. The molecule has 10 nitrogen and oxygen atoms in total. The highest BCUT2D eigenvalue weighted by atomic mass is 19.3. The molecule has 0 spiro atoms. The first-order chi connectivity index (χ1) is 17.3. The number of carbonyl (C=O) groups is 1. The number of alkyl halides is 2. The molecule has 1 amide bonds. The van der Waals surface area contributed by atoms with E-state index in [9.17, 15) is 18.4 Å². The number of anilines is 3. The Kier molecular flexibility index (Phi) is 6.52. The van der Waals surface area contributed by atoms with E-state index in [1.807, 2.05) is 18.9 Å². The molecule has 0 aromatic carbocycles. The summed E-state index contributed by atoms with van der Waals surface area (Å²) < 4.78 is 31.8. The van der Waals surface area contributed by atoms with Crippen LogP contribution >= 0.6 is 0 Å². The monoisotopic (exact) mass is 499 g/mol. The van der Waals surface area contributed by atoms with Crippen LogP contribution in [0.25, 0.3) is 11.0 Å². The highest BCUT2D eigenvalue weighted by molar-refractivity contribution is 5.95. The van der Waals surface area contributed by atoms with E-state index in [1.54, 1.807) is 23.2 Å². The summed E-state index contributed by atoms with van der Waals surface area (Å²) in [4.78, 5) is 42.3. The second-order valence-corrected chi connectivity index (χ2v) is 9.32. The van der Waals surface area contributed by atoms with Gasteiger partial charge >= 0.3 is 6.61 Å². The summed E-state index contributed by atoms with van der Waals surface area (Å²) in [5.74, 6) is 0.445. The first-order valence-electron chi connectivity index (χ1n) is 11.9. The van der Waals surface area contributed by atoms with Crippen molar-refractivity contribution in [2.45, 2.75) is 38.8 Å². The van der Waals surface area contributed by atoms with Crippen molar-refractivity contribution in [2.24, 2.45) is 5.92 Å². The molecule has 190 valence electrons. The van der Waals surface area contributed by atoms with Crippen molar-refractivity contribution >= 4 is 34.4 Å². The molecule has 0 bridgehead atoms. The molecule has 36 heavy (non-hydrogen) atoms.